The molecule has 100 valence electrons. The Kier molecular flexibility index (Phi) is 4.33. The Morgan fingerprint density at radius 2 is 2.00 bits per heavy atom. The molecule has 0 spiro atoms. The van der Waals surface area contributed by atoms with E-state index in [0.717, 1.165) is 13.1 Å². The number of halogens is 1. The number of benzene rings is 1. The lowest BCUT2D eigenvalue weighted by Gasteiger charge is -2.48. The second kappa shape index (κ2) is 5.62. The average Bonchev–Trinajstić information content (AvgIpc) is 2.41. The molecule has 1 aliphatic rings. The zero-order valence-electron chi connectivity index (χ0n) is 11.5. The molecule has 1 fully saturated rings. The number of rotatable bonds is 3. The molecule has 1 aromatic rings. The van der Waals surface area contributed by atoms with Crippen molar-refractivity contribution in [3.8, 4) is 0 Å². The first-order valence-corrected chi connectivity index (χ1v) is 7.67. The minimum atomic E-state index is 0.266. The van der Waals surface area contributed by atoms with E-state index in [4.69, 9.17) is 0 Å². The number of para-hydroxylation sites is 1. The first-order valence-electron chi connectivity index (χ1n) is 6.88. The van der Waals surface area contributed by atoms with Crippen LogP contribution in [0.1, 0.15) is 33.6 Å². The summed E-state index contributed by atoms with van der Waals surface area (Å²) in [5, 5.41) is 3.74. The van der Waals surface area contributed by atoms with E-state index in [1.165, 1.54) is 23.0 Å². The third-order valence-corrected chi connectivity index (χ3v) is 4.96. The van der Waals surface area contributed by atoms with E-state index in [1.54, 1.807) is 0 Å². The summed E-state index contributed by atoms with van der Waals surface area (Å²) in [5.41, 5.74) is 1.58. The molecule has 1 heterocycles. The molecule has 3 heteroatoms. The van der Waals surface area contributed by atoms with Gasteiger partial charge >= 0.3 is 0 Å². The molecule has 2 nitrogen and oxygen atoms in total. The van der Waals surface area contributed by atoms with E-state index in [0.29, 0.717) is 6.04 Å². The summed E-state index contributed by atoms with van der Waals surface area (Å²) in [7, 11) is 0. The zero-order valence-corrected chi connectivity index (χ0v) is 13.1. The molecule has 1 atom stereocenters. The molecule has 1 unspecified atom stereocenters. The maximum Gasteiger partial charge on any atom is 0.0514 e. The number of hydrogen-bond acceptors (Lipinski definition) is 2. The van der Waals surface area contributed by atoms with Gasteiger partial charge in [-0.25, -0.2) is 0 Å². The van der Waals surface area contributed by atoms with Crippen LogP contribution in [-0.2, 0) is 0 Å². The largest absolute Gasteiger partial charge is 0.365 e. The summed E-state index contributed by atoms with van der Waals surface area (Å²) >= 11 is 3.68. The Balaban J connectivity index is 2.28. The van der Waals surface area contributed by atoms with Gasteiger partial charge in [0, 0.05) is 29.1 Å². The summed E-state index contributed by atoms with van der Waals surface area (Å²) in [6.45, 7) is 9.00. The van der Waals surface area contributed by atoms with Gasteiger partial charge in [0.1, 0.15) is 0 Å². The van der Waals surface area contributed by atoms with Crippen LogP contribution in [0.15, 0.2) is 28.7 Å². The number of piperazine rings is 1. The lowest BCUT2D eigenvalue weighted by molar-refractivity contribution is 0.253. The topological polar surface area (TPSA) is 15.3 Å². The highest BCUT2D eigenvalue weighted by Crippen LogP contribution is 2.32. The second-order valence-electron chi connectivity index (χ2n) is 5.30. The molecular weight excluding hydrogens is 288 g/mol. The van der Waals surface area contributed by atoms with Gasteiger partial charge in [-0.15, -0.1) is 0 Å². The predicted octanol–water partition coefficient (Wildman–Crippen LogP) is 3.81. The Hall–Kier alpha value is -0.540. The Morgan fingerprint density at radius 3 is 2.61 bits per heavy atom. The minimum Gasteiger partial charge on any atom is -0.365 e. The number of nitrogens with one attached hydrogen (secondary N) is 1. The molecule has 0 aromatic heterocycles. The van der Waals surface area contributed by atoms with Crippen molar-refractivity contribution in [2.75, 3.05) is 18.0 Å². The van der Waals surface area contributed by atoms with Crippen molar-refractivity contribution in [2.45, 2.75) is 45.2 Å². The van der Waals surface area contributed by atoms with Crippen molar-refractivity contribution in [3.63, 3.8) is 0 Å². The highest BCUT2D eigenvalue weighted by Gasteiger charge is 2.35. The standard InChI is InChI=1S/C15H23BrN2/c1-4-15(5-2)11-18(12(3)10-17-15)14-9-7-6-8-13(14)16/h6-9,12,17H,4-5,10-11H2,1-3H3. The fourth-order valence-corrected chi connectivity index (χ4v) is 3.26. The third kappa shape index (κ3) is 2.57. The van der Waals surface area contributed by atoms with Gasteiger partial charge in [0.2, 0.25) is 0 Å². The zero-order chi connectivity index (χ0) is 13.2. The van der Waals surface area contributed by atoms with Gasteiger partial charge in [0.25, 0.3) is 0 Å². The van der Waals surface area contributed by atoms with Gasteiger partial charge in [0.15, 0.2) is 0 Å². The molecule has 2 rings (SSSR count). The molecule has 1 N–H and O–H groups in total. The highest BCUT2D eigenvalue weighted by molar-refractivity contribution is 9.10. The SMILES string of the molecule is CCC1(CC)CN(c2ccccc2Br)C(C)CN1. The normalized spacial score (nSPS) is 23.1. The van der Waals surface area contributed by atoms with Crippen molar-refractivity contribution in [2.24, 2.45) is 0 Å². The van der Waals surface area contributed by atoms with Crippen LogP contribution in [0.25, 0.3) is 0 Å². The summed E-state index contributed by atoms with van der Waals surface area (Å²) in [5.74, 6) is 0. The third-order valence-electron chi connectivity index (χ3n) is 4.29. The van der Waals surface area contributed by atoms with Crippen LogP contribution in [-0.4, -0.2) is 24.7 Å². The number of nitrogens with zero attached hydrogens (tertiary/aromatic N) is 1. The summed E-state index contributed by atoms with van der Waals surface area (Å²) in [6, 6.07) is 9.07. The van der Waals surface area contributed by atoms with Crippen molar-refractivity contribution in [3.05, 3.63) is 28.7 Å². The average molecular weight is 311 g/mol. The van der Waals surface area contributed by atoms with Gasteiger partial charge in [-0.3, -0.25) is 0 Å². The summed E-state index contributed by atoms with van der Waals surface area (Å²) < 4.78 is 1.19. The van der Waals surface area contributed by atoms with Gasteiger partial charge in [-0.05, 0) is 47.8 Å². The first kappa shape index (κ1) is 13.9. The predicted molar refractivity (Wildman–Crippen MR) is 82.3 cm³/mol. The highest BCUT2D eigenvalue weighted by atomic mass is 79.9. The van der Waals surface area contributed by atoms with Crippen LogP contribution < -0.4 is 10.2 Å². The van der Waals surface area contributed by atoms with Crippen molar-refractivity contribution in [1.82, 2.24) is 5.32 Å². The molecule has 0 saturated carbocycles. The summed E-state index contributed by atoms with van der Waals surface area (Å²) in [6.07, 6.45) is 2.36. The Bertz CT molecular complexity index is 401. The molecule has 18 heavy (non-hydrogen) atoms. The van der Waals surface area contributed by atoms with Gasteiger partial charge in [0.05, 0.1) is 5.69 Å². The number of anilines is 1. The van der Waals surface area contributed by atoms with Crippen LogP contribution in [0.5, 0.6) is 0 Å². The Morgan fingerprint density at radius 1 is 1.33 bits per heavy atom. The molecule has 0 bridgehead atoms. The van der Waals surface area contributed by atoms with Crippen LogP contribution in [0.2, 0.25) is 0 Å². The van der Waals surface area contributed by atoms with E-state index in [1.807, 2.05) is 0 Å². The van der Waals surface area contributed by atoms with E-state index in [-0.39, 0.29) is 5.54 Å². The molecule has 0 aliphatic carbocycles. The molecule has 0 amide bonds. The van der Waals surface area contributed by atoms with Gasteiger partial charge < -0.3 is 10.2 Å². The lowest BCUT2D eigenvalue weighted by Crippen LogP contribution is -2.63. The van der Waals surface area contributed by atoms with Crippen LogP contribution in [0, 0.1) is 0 Å². The van der Waals surface area contributed by atoms with Crippen molar-refractivity contribution in [1.29, 1.82) is 0 Å². The van der Waals surface area contributed by atoms with E-state index >= 15 is 0 Å². The van der Waals surface area contributed by atoms with E-state index < -0.39 is 0 Å². The van der Waals surface area contributed by atoms with Crippen molar-refractivity contribution < 1.29 is 0 Å². The second-order valence-corrected chi connectivity index (χ2v) is 6.15. The van der Waals surface area contributed by atoms with Crippen molar-refractivity contribution >= 4 is 21.6 Å². The number of hydrogen-bond donors (Lipinski definition) is 1. The molecular formula is C15H23BrN2. The molecule has 1 aromatic carbocycles. The smallest absolute Gasteiger partial charge is 0.0514 e. The monoisotopic (exact) mass is 310 g/mol. The minimum absolute atomic E-state index is 0.266. The molecule has 0 radical (unpaired) electrons. The van der Waals surface area contributed by atoms with E-state index in [9.17, 15) is 0 Å². The fourth-order valence-electron chi connectivity index (χ4n) is 2.74. The van der Waals surface area contributed by atoms with Crippen LogP contribution in [0.4, 0.5) is 5.69 Å². The molecule has 1 saturated heterocycles. The maximum absolute atomic E-state index is 3.74. The quantitative estimate of drug-likeness (QED) is 0.913. The fraction of sp³-hybridized carbons (Fsp3) is 0.600. The lowest BCUT2D eigenvalue weighted by atomic mass is 9.88. The van der Waals surface area contributed by atoms with Crippen LogP contribution >= 0.6 is 15.9 Å². The maximum atomic E-state index is 3.74. The van der Waals surface area contributed by atoms with Crippen LogP contribution in [0.3, 0.4) is 0 Å². The molecule has 1 aliphatic heterocycles. The first-order chi connectivity index (χ1) is 8.62. The van der Waals surface area contributed by atoms with Gasteiger partial charge in [-0.1, -0.05) is 26.0 Å². The Labute approximate surface area is 119 Å². The van der Waals surface area contributed by atoms with Gasteiger partial charge in [-0.2, -0.15) is 0 Å². The summed E-state index contributed by atoms with van der Waals surface area (Å²) in [4.78, 5) is 2.54. The van der Waals surface area contributed by atoms with E-state index in [2.05, 4.69) is 71.2 Å².